The Morgan fingerprint density at radius 3 is 2.35 bits per heavy atom. The van der Waals surface area contributed by atoms with Gasteiger partial charge in [-0.25, -0.2) is 9.37 Å². The summed E-state index contributed by atoms with van der Waals surface area (Å²) in [5.74, 6) is -1.35. The van der Waals surface area contributed by atoms with Crippen LogP contribution in [-0.4, -0.2) is 57.7 Å². The molecule has 178 valence electrons. The quantitative estimate of drug-likeness (QED) is 0.484. The van der Waals surface area contributed by atoms with Crippen molar-refractivity contribution < 1.29 is 37.3 Å². The Morgan fingerprint density at radius 1 is 1.06 bits per heavy atom. The number of aliphatic hydroxyl groups is 2. The number of carbonyl (C=O) groups is 1. The van der Waals surface area contributed by atoms with Gasteiger partial charge in [0, 0.05) is 42.3 Å². The summed E-state index contributed by atoms with van der Waals surface area (Å²) in [6.45, 7) is 0.170. The van der Waals surface area contributed by atoms with E-state index < -0.39 is 36.0 Å². The number of aromatic nitrogens is 2. The molecule has 0 spiro atoms. The van der Waals surface area contributed by atoms with E-state index in [4.69, 9.17) is 0 Å². The number of anilines is 2. The van der Waals surface area contributed by atoms with E-state index >= 15 is 0 Å². The van der Waals surface area contributed by atoms with Crippen molar-refractivity contribution in [2.24, 2.45) is 0 Å². The number of alkyl halides is 3. The highest BCUT2D eigenvalue weighted by molar-refractivity contribution is 6.05. The van der Waals surface area contributed by atoms with E-state index in [1.54, 1.807) is 4.90 Å². The average Bonchev–Trinajstić information content (AvgIpc) is 3.12. The van der Waals surface area contributed by atoms with Crippen molar-refractivity contribution >= 4 is 17.4 Å². The second kappa shape index (κ2) is 9.23. The van der Waals surface area contributed by atoms with Gasteiger partial charge < -0.3 is 25.2 Å². The van der Waals surface area contributed by atoms with Crippen molar-refractivity contribution in [3.63, 3.8) is 0 Å². The lowest BCUT2D eigenvalue weighted by molar-refractivity contribution is -0.274. The van der Waals surface area contributed by atoms with Gasteiger partial charge in [0.1, 0.15) is 17.4 Å². The molecule has 34 heavy (non-hydrogen) atoms. The molecule has 2 atom stereocenters. The SMILES string of the molecule is O=C(Nc1ccc(OC(F)(F)F)cc1)c1cnc(N2C[C@@H](O)[C@@H](O)C2)c(-c2cncc(F)c2)c1. The van der Waals surface area contributed by atoms with Gasteiger partial charge >= 0.3 is 6.36 Å². The Labute approximate surface area is 190 Å². The number of ether oxygens (including phenoxy) is 1. The van der Waals surface area contributed by atoms with E-state index in [1.807, 2.05) is 0 Å². The number of hydrogen-bond donors (Lipinski definition) is 3. The molecular formula is C22H18F4N4O4. The second-order valence-corrected chi connectivity index (χ2v) is 7.55. The lowest BCUT2D eigenvalue weighted by atomic mass is 10.1. The number of amides is 1. The van der Waals surface area contributed by atoms with Gasteiger partial charge in [-0.2, -0.15) is 0 Å². The molecule has 1 amide bonds. The van der Waals surface area contributed by atoms with Gasteiger partial charge in [-0.3, -0.25) is 9.78 Å². The first kappa shape index (κ1) is 23.4. The molecule has 1 aromatic carbocycles. The van der Waals surface area contributed by atoms with Gasteiger partial charge in [-0.15, -0.1) is 13.2 Å². The Balaban J connectivity index is 1.61. The van der Waals surface area contributed by atoms with Crippen LogP contribution >= 0.6 is 0 Å². The summed E-state index contributed by atoms with van der Waals surface area (Å²) < 4.78 is 54.5. The van der Waals surface area contributed by atoms with E-state index in [2.05, 4.69) is 20.0 Å². The fourth-order valence-corrected chi connectivity index (χ4v) is 3.49. The predicted octanol–water partition coefficient (Wildman–Crippen LogP) is 2.98. The van der Waals surface area contributed by atoms with Crippen LogP contribution in [0, 0.1) is 5.82 Å². The molecule has 3 aromatic rings. The summed E-state index contributed by atoms with van der Waals surface area (Å²) in [5.41, 5.74) is 0.957. The summed E-state index contributed by atoms with van der Waals surface area (Å²) in [6, 6.07) is 7.25. The summed E-state index contributed by atoms with van der Waals surface area (Å²) in [7, 11) is 0. The van der Waals surface area contributed by atoms with Gasteiger partial charge in [0.05, 0.1) is 24.0 Å². The first-order chi connectivity index (χ1) is 16.1. The molecule has 0 aliphatic carbocycles. The number of hydrogen-bond acceptors (Lipinski definition) is 7. The van der Waals surface area contributed by atoms with Crippen molar-refractivity contribution in [1.29, 1.82) is 0 Å². The number of nitrogens with zero attached hydrogens (tertiary/aromatic N) is 3. The standard InChI is InChI=1S/C22H18F4N4O4/c23-14-5-12(7-27-9-14)17-6-13(8-28-20(17)30-10-18(31)19(32)11-30)21(33)29-15-1-3-16(4-2-15)34-22(24,25)26/h1-9,18-19,31-32H,10-11H2,(H,29,33)/t18-,19+. The van der Waals surface area contributed by atoms with Gasteiger partial charge in [0.2, 0.25) is 0 Å². The van der Waals surface area contributed by atoms with Crippen LogP contribution in [0.1, 0.15) is 10.4 Å². The first-order valence-electron chi connectivity index (χ1n) is 9.98. The lowest BCUT2D eigenvalue weighted by Gasteiger charge is -2.21. The van der Waals surface area contributed by atoms with E-state index in [-0.39, 0.29) is 24.3 Å². The third kappa shape index (κ3) is 5.41. The summed E-state index contributed by atoms with van der Waals surface area (Å²) >= 11 is 0. The normalized spacial score (nSPS) is 18.1. The molecule has 1 saturated heterocycles. The van der Waals surface area contributed by atoms with Gasteiger partial charge in [-0.05, 0) is 36.4 Å². The fourth-order valence-electron chi connectivity index (χ4n) is 3.49. The van der Waals surface area contributed by atoms with E-state index in [1.165, 1.54) is 36.7 Å². The number of benzene rings is 1. The molecule has 2 aromatic heterocycles. The molecular weight excluding hydrogens is 460 g/mol. The van der Waals surface area contributed by atoms with Gasteiger partial charge in [-0.1, -0.05) is 0 Å². The van der Waals surface area contributed by atoms with Crippen LogP contribution in [0.25, 0.3) is 11.1 Å². The van der Waals surface area contributed by atoms with Crippen LogP contribution in [0.15, 0.2) is 55.0 Å². The topological polar surface area (TPSA) is 108 Å². The minimum Gasteiger partial charge on any atom is -0.406 e. The zero-order valence-electron chi connectivity index (χ0n) is 17.3. The molecule has 0 radical (unpaired) electrons. The molecule has 0 saturated carbocycles. The minimum atomic E-state index is -4.83. The Bertz CT molecular complexity index is 1180. The Hall–Kier alpha value is -3.77. The van der Waals surface area contributed by atoms with E-state index in [0.717, 1.165) is 18.3 Å². The maximum absolute atomic E-state index is 13.8. The lowest BCUT2D eigenvalue weighted by Crippen LogP contribution is -2.23. The zero-order chi connectivity index (χ0) is 24.5. The molecule has 0 unspecified atom stereocenters. The summed E-state index contributed by atoms with van der Waals surface area (Å²) in [6.07, 6.45) is -3.16. The van der Waals surface area contributed by atoms with Crippen molar-refractivity contribution in [1.82, 2.24) is 9.97 Å². The van der Waals surface area contributed by atoms with Crippen molar-refractivity contribution in [2.45, 2.75) is 18.6 Å². The Morgan fingerprint density at radius 2 is 1.74 bits per heavy atom. The maximum atomic E-state index is 13.8. The molecule has 0 bridgehead atoms. The van der Waals surface area contributed by atoms with Gasteiger partial charge in [0.15, 0.2) is 0 Å². The van der Waals surface area contributed by atoms with Gasteiger partial charge in [0.25, 0.3) is 5.91 Å². The number of pyridine rings is 2. The maximum Gasteiger partial charge on any atom is 0.573 e. The average molecular weight is 478 g/mol. The van der Waals surface area contributed by atoms with E-state index in [0.29, 0.717) is 16.9 Å². The number of nitrogens with one attached hydrogen (secondary N) is 1. The smallest absolute Gasteiger partial charge is 0.406 e. The second-order valence-electron chi connectivity index (χ2n) is 7.55. The van der Waals surface area contributed by atoms with Crippen LogP contribution < -0.4 is 15.0 Å². The number of carbonyl (C=O) groups excluding carboxylic acids is 1. The fraction of sp³-hybridized carbons (Fsp3) is 0.227. The highest BCUT2D eigenvalue weighted by Crippen LogP contribution is 2.32. The number of rotatable bonds is 5. The van der Waals surface area contributed by atoms with Crippen LogP contribution in [0.2, 0.25) is 0 Å². The number of halogens is 4. The van der Waals surface area contributed by atoms with Crippen molar-refractivity contribution in [3.8, 4) is 16.9 Å². The number of aliphatic hydroxyl groups excluding tert-OH is 2. The van der Waals surface area contributed by atoms with Crippen LogP contribution in [-0.2, 0) is 0 Å². The van der Waals surface area contributed by atoms with Crippen LogP contribution in [0.3, 0.4) is 0 Å². The van der Waals surface area contributed by atoms with Crippen LogP contribution in [0.5, 0.6) is 5.75 Å². The third-order valence-electron chi connectivity index (χ3n) is 5.05. The Kier molecular flexibility index (Phi) is 6.35. The molecule has 4 rings (SSSR count). The molecule has 1 fully saturated rings. The summed E-state index contributed by atoms with van der Waals surface area (Å²) in [5, 5.41) is 22.3. The van der Waals surface area contributed by atoms with Crippen molar-refractivity contribution in [3.05, 3.63) is 66.4 Å². The van der Waals surface area contributed by atoms with Crippen LogP contribution in [0.4, 0.5) is 29.1 Å². The van der Waals surface area contributed by atoms with Crippen molar-refractivity contribution in [2.75, 3.05) is 23.3 Å². The molecule has 12 heteroatoms. The largest absolute Gasteiger partial charge is 0.573 e. The predicted molar refractivity (Wildman–Crippen MR) is 113 cm³/mol. The third-order valence-corrected chi connectivity index (χ3v) is 5.05. The number of β-amino-alcohol motifs (C(OH)–C–C–N with tert-alkyl or cyclic N) is 2. The monoisotopic (exact) mass is 478 g/mol. The molecule has 3 heterocycles. The highest BCUT2D eigenvalue weighted by Gasteiger charge is 2.32. The molecule has 1 aliphatic rings. The zero-order valence-corrected chi connectivity index (χ0v) is 17.3. The minimum absolute atomic E-state index is 0.0823. The molecule has 1 aliphatic heterocycles. The highest BCUT2D eigenvalue weighted by atomic mass is 19.4. The molecule has 3 N–H and O–H groups in total. The first-order valence-corrected chi connectivity index (χ1v) is 9.98. The summed E-state index contributed by atoms with van der Waals surface area (Å²) in [4.78, 5) is 22.5. The van der Waals surface area contributed by atoms with E-state index in [9.17, 15) is 32.6 Å². The molecule has 8 nitrogen and oxygen atoms in total.